The van der Waals surface area contributed by atoms with Gasteiger partial charge < -0.3 is 5.73 Å². The SMILES string of the molecule is CSCc1nnc(N)s1. The Bertz CT molecular complexity index is 186. The molecule has 0 amide bonds. The van der Waals surface area contributed by atoms with Crippen LogP contribution in [0.15, 0.2) is 0 Å². The van der Waals surface area contributed by atoms with E-state index in [0.717, 1.165) is 10.8 Å². The Kier molecular flexibility index (Phi) is 2.29. The van der Waals surface area contributed by atoms with Crippen LogP contribution in [-0.2, 0) is 5.75 Å². The number of hydrogen-bond acceptors (Lipinski definition) is 5. The number of rotatable bonds is 2. The third-order valence-corrected chi connectivity index (χ3v) is 2.25. The number of thioether (sulfide) groups is 1. The summed E-state index contributed by atoms with van der Waals surface area (Å²) in [5, 5.41) is 9.05. The molecule has 1 aromatic rings. The highest BCUT2D eigenvalue weighted by atomic mass is 32.2. The van der Waals surface area contributed by atoms with Gasteiger partial charge in [0.05, 0.1) is 0 Å². The van der Waals surface area contributed by atoms with Crippen LogP contribution in [0, 0.1) is 0 Å². The summed E-state index contributed by atoms with van der Waals surface area (Å²) < 4.78 is 0. The molecule has 5 heteroatoms. The van der Waals surface area contributed by atoms with Gasteiger partial charge in [-0.25, -0.2) is 0 Å². The number of anilines is 1. The number of nitrogen functional groups attached to an aromatic ring is 1. The fourth-order valence-corrected chi connectivity index (χ4v) is 1.75. The predicted molar refractivity (Wildman–Crippen MR) is 41.5 cm³/mol. The molecule has 0 radical (unpaired) electrons. The van der Waals surface area contributed by atoms with E-state index in [9.17, 15) is 0 Å². The van der Waals surface area contributed by atoms with Gasteiger partial charge in [0.1, 0.15) is 5.01 Å². The molecule has 0 aliphatic heterocycles. The van der Waals surface area contributed by atoms with E-state index < -0.39 is 0 Å². The van der Waals surface area contributed by atoms with Crippen LogP contribution >= 0.6 is 23.1 Å². The van der Waals surface area contributed by atoms with Gasteiger partial charge in [-0.05, 0) is 6.26 Å². The van der Waals surface area contributed by atoms with Crippen molar-refractivity contribution in [2.24, 2.45) is 0 Å². The van der Waals surface area contributed by atoms with Crippen LogP contribution in [0.1, 0.15) is 5.01 Å². The molecule has 0 bridgehead atoms. The normalized spacial score (nSPS) is 9.89. The van der Waals surface area contributed by atoms with Gasteiger partial charge in [0.15, 0.2) is 0 Å². The van der Waals surface area contributed by atoms with E-state index in [1.165, 1.54) is 11.3 Å². The fraction of sp³-hybridized carbons (Fsp3) is 0.500. The summed E-state index contributed by atoms with van der Waals surface area (Å²) in [5.74, 6) is 0.912. The molecule has 0 aliphatic carbocycles. The van der Waals surface area contributed by atoms with Crippen LogP contribution in [0.4, 0.5) is 5.13 Å². The minimum absolute atomic E-state index is 0.555. The lowest BCUT2D eigenvalue weighted by Gasteiger charge is -1.83. The van der Waals surface area contributed by atoms with Crippen molar-refractivity contribution < 1.29 is 0 Å². The lowest BCUT2D eigenvalue weighted by Crippen LogP contribution is -1.80. The highest BCUT2D eigenvalue weighted by Crippen LogP contribution is 2.15. The summed E-state index contributed by atoms with van der Waals surface area (Å²) in [4.78, 5) is 0. The van der Waals surface area contributed by atoms with E-state index in [4.69, 9.17) is 5.73 Å². The Balaban J connectivity index is 2.61. The van der Waals surface area contributed by atoms with Gasteiger partial charge in [-0.2, -0.15) is 11.8 Å². The molecule has 0 fully saturated rings. The van der Waals surface area contributed by atoms with Gasteiger partial charge in [-0.15, -0.1) is 10.2 Å². The van der Waals surface area contributed by atoms with Crippen molar-refractivity contribution in [2.75, 3.05) is 12.0 Å². The molecule has 0 aromatic carbocycles. The summed E-state index contributed by atoms with van der Waals surface area (Å²) >= 11 is 3.17. The van der Waals surface area contributed by atoms with Gasteiger partial charge in [0, 0.05) is 5.75 Å². The average Bonchev–Trinajstić information content (AvgIpc) is 2.17. The highest BCUT2D eigenvalue weighted by molar-refractivity contribution is 7.97. The molecular weight excluding hydrogens is 154 g/mol. The molecule has 0 saturated carbocycles. The van der Waals surface area contributed by atoms with Gasteiger partial charge >= 0.3 is 0 Å². The van der Waals surface area contributed by atoms with Crippen LogP contribution in [0.5, 0.6) is 0 Å². The first-order valence-corrected chi connectivity index (χ1v) is 4.60. The first-order chi connectivity index (χ1) is 4.33. The third-order valence-electron chi connectivity index (χ3n) is 0.750. The minimum atomic E-state index is 0.555. The molecule has 9 heavy (non-hydrogen) atoms. The second-order valence-corrected chi connectivity index (χ2v) is 3.43. The van der Waals surface area contributed by atoms with Crippen molar-refractivity contribution in [3.63, 3.8) is 0 Å². The summed E-state index contributed by atoms with van der Waals surface area (Å²) in [7, 11) is 0. The zero-order valence-corrected chi connectivity index (χ0v) is 6.63. The summed E-state index contributed by atoms with van der Waals surface area (Å²) in [6, 6.07) is 0. The van der Waals surface area contributed by atoms with Crippen LogP contribution in [0.2, 0.25) is 0 Å². The Labute approximate surface area is 61.7 Å². The molecule has 0 aliphatic rings. The van der Waals surface area contributed by atoms with Gasteiger partial charge in [0.2, 0.25) is 5.13 Å². The maximum Gasteiger partial charge on any atom is 0.203 e. The van der Waals surface area contributed by atoms with Gasteiger partial charge in [0.25, 0.3) is 0 Å². The van der Waals surface area contributed by atoms with E-state index in [2.05, 4.69) is 10.2 Å². The first-order valence-electron chi connectivity index (χ1n) is 2.39. The number of aromatic nitrogens is 2. The van der Waals surface area contributed by atoms with Crippen molar-refractivity contribution in [2.45, 2.75) is 5.75 Å². The quantitative estimate of drug-likeness (QED) is 0.702. The smallest absolute Gasteiger partial charge is 0.203 e. The van der Waals surface area contributed by atoms with E-state index >= 15 is 0 Å². The maximum absolute atomic E-state index is 5.34. The Morgan fingerprint density at radius 3 is 2.89 bits per heavy atom. The van der Waals surface area contributed by atoms with E-state index in [0.29, 0.717) is 5.13 Å². The standard InChI is InChI=1S/C4H7N3S2/c1-8-2-3-6-7-4(5)9-3/h2H2,1H3,(H2,5,7). The summed E-state index contributed by atoms with van der Waals surface area (Å²) in [6.45, 7) is 0. The lowest BCUT2D eigenvalue weighted by atomic mass is 10.9. The van der Waals surface area contributed by atoms with Crippen molar-refractivity contribution in [1.82, 2.24) is 10.2 Å². The molecule has 0 unspecified atom stereocenters. The van der Waals surface area contributed by atoms with E-state index in [1.807, 2.05) is 6.26 Å². The molecule has 0 saturated heterocycles. The molecule has 1 aromatic heterocycles. The van der Waals surface area contributed by atoms with Gasteiger partial charge in [-0.3, -0.25) is 0 Å². The van der Waals surface area contributed by atoms with Crippen molar-refractivity contribution in [3.05, 3.63) is 5.01 Å². The third kappa shape index (κ3) is 1.83. The molecule has 0 atom stereocenters. The Hall–Kier alpha value is -0.290. The molecule has 1 rings (SSSR count). The van der Waals surface area contributed by atoms with Crippen LogP contribution in [0.25, 0.3) is 0 Å². The second kappa shape index (κ2) is 3.03. The Morgan fingerprint density at radius 1 is 1.67 bits per heavy atom. The molecular formula is C4H7N3S2. The first kappa shape index (κ1) is 6.82. The zero-order valence-electron chi connectivity index (χ0n) is 5.00. The number of nitrogens with two attached hydrogens (primary N) is 1. The predicted octanol–water partition coefficient (Wildman–Crippen LogP) is 0.983. The highest BCUT2D eigenvalue weighted by Gasteiger charge is 1.97. The number of nitrogens with zero attached hydrogens (tertiary/aromatic N) is 2. The number of hydrogen-bond donors (Lipinski definition) is 1. The van der Waals surface area contributed by atoms with Crippen LogP contribution in [0.3, 0.4) is 0 Å². The monoisotopic (exact) mass is 161 g/mol. The zero-order chi connectivity index (χ0) is 6.69. The summed E-state index contributed by atoms with van der Waals surface area (Å²) in [6.07, 6.45) is 2.03. The van der Waals surface area contributed by atoms with E-state index in [-0.39, 0.29) is 0 Å². The Morgan fingerprint density at radius 2 is 2.44 bits per heavy atom. The maximum atomic E-state index is 5.34. The molecule has 3 nitrogen and oxygen atoms in total. The molecule has 0 spiro atoms. The van der Waals surface area contributed by atoms with E-state index in [1.54, 1.807) is 11.8 Å². The second-order valence-electron chi connectivity index (χ2n) is 1.47. The fourth-order valence-electron chi connectivity index (χ4n) is 0.448. The lowest BCUT2D eigenvalue weighted by molar-refractivity contribution is 1.05. The minimum Gasteiger partial charge on any atom is -0.374 e. The van der Waals surface area contributed by atoms with Crippen molar-refractivity contribution in [1.29, 1.82) is 0 Å². The van der Waals surface area contributed by atoms with Crippen LogP contribution < -0.4 is 5.73 Å². The van der Waals surface area contributed by atoms with Crippen molar-refractivity contribution >= 4 is 28.2 Å². The van der Waals surface area contributed by atoms with Crippen LogP contribution in [-0.4, -0.2) is 16.5 Å². The van der Waals surface area contributed by atoms with Crippen molar-refractivity contribution in [3.8, 4) is 0 Å². The summed E-state index contributed by atoms with van der Waals surface area (Å²) in [5.41, 5.74) is 5.34. The molecule has 50 valence electrons. The molecule has 2 N–H and O–H groups in total. The average molecular weight is 161 g/mol. The largest absolute Gasteiger partial charge is 0.374 e. The topological polar surface area (TPSA) is 51.8 Å². The van der Waals surface area contributed by atoms with Gasteiger partial charge in [-0.1, -0.05) is 11.3 Å². The molecule has 1 heterocycles.